The van der Waals surface area contributed by atoms with Crippen molar-refractivity contribution < 1.29 is 33.4 Å². The minimum Gasteiger partial charge on any atom is -0.489 e. The van der Waals surface area contributed by atoms with E-state index in [0.29, 0.717) is 65.7 Å². The molecule has 5 aromatic rings. The number of amides is 4. The lowest BCUT2D eigenvalue weighted by Crippen LogP contribution is -2.34. The second kappa shape index (κ2) is 19.8. The third-order valence-corrected chi connectivity index (χ3v) is 11.7. The highest BCUT2D eigenvalue weighted by Gasteiger charge is 2.31. The van der Waals surface area contributed by atoms with Crippen molar-refractivity contribution in [3.05, 3.63) is 148 Å². The average Bonchev–Trinajstić information content (AvgIpc) is 3.60. The molecule has 4 amide bonds. The molecule has 0 bridgehead atoms. The number of fused-ring (bicyclic) bond motifs is 1. The number of nitrogens with one attached hydrogen (secondary N) is 3. The van der Waals surface area contributed by atoms with Crippen LogP contribution in [0.15, 0.2) is 120 Å². The third-order valence-electron chi connectivity index (χ3n) is 9.22. The van der Waals surface area contributed by atoms with Gasteiger partial charge in [0.1, 0.15) is 23.1 Å². The van der Waals surface area contributed by atoms with Gasteiger partial charge >= 0.3 is 5.97 Å². The maximum Gasteiger partial charge on any atom is 0.341 e. The molecule has 1 aliphatic heterocycles. The highest BCUT2D eigenvalue weighted by Crippen LogP contribution is 2.39. The van der Waals surface area contributed by atoms with Crippen molar-refractivity contribution in [2.75, 3.05) is 23.8 Å². The zero-order chi connectivity index (χ0) is 41.0. The first-order chi connectivity index (χ1) is 28.1. The van der Waals surface area contributed by atoms with Gasteiger partial charge in [-0.1, -0.05) is 73.7 Å². The van der Waals surface area contributed by atoms with Crippen LogP contribution < -0.4 is 20.7 Å². The summed E-state index contributed by atoms with van der Waals surface area (Å²) >= 11 is 2.61. The Morgan fingerprint density at radius 1 is 0.879 bits per heavy atom. The summed E-state index contributed by atoms with van der Waals surface area (Å²) in [5, 5.41) is 8.52. The van der Waals surface area contributed by atoms with Crippen molar-refractivity contribution in [3.63, 3.8) is 0 Å². The van der Waals surface area contributed by atoms with Crippen LogP contribution in [0.25, 0.3) is 6.08 Å². The summed E-state index contributed by atoms with van der Waals surface area (Å²) in [4.78, 5) is 69.3. The van der Waals surface area contributed by atoms with E-state index in [4.69, 9.17) is 9.47 Å². The second-order valence-corrected chi connectivity index (χ2v) is 15.7. The van der Waals surface area contributed by atoms with Crippen LogP contribution in [0, 0.1) is 0 Å². The van der Waals surface area contributed by atoms with E-state index in [9.17, 15) is 24.0 Å². The van der Waals surface area contributed by atoms with Crippen molar-refractivity contribution in [3.8, 4) is 5.75 Å². The fourth-order valence-corrected chi connectivity index (χ4v) is 8.48. The first-order valence-corrected chi connectivity index (χ1v) is 20.6. The largest absolute Gasteiger partial charge is 0.489 e. The quantitative estimate of drug-likeness (QED) is 0.0544. The molecule has 1 aliphatic rings. The van der Waals surface area contributed by atoms with Gasteiger partial charge in [-0.05, 0) is 85.0 Å². The van der Waals surface area contributed by atoms with Crippen LogP contribution >= 0.6 is 23.1 Å². The molecule has 1 atom stereocenters. The number of thioether (sulfide) groups is 1. The Labute approximate surface area is 345 Å². The molecule has 0 radical (unpaired) electrons. The first kappa shape index (κ1) is 41.5. The topological polar surface area (TPSA) is 143 Å². The number of hydrogen-bond donors (Lipinski definition) is 3. The Morgan fingerprint density at radius 2 is 1.60 bits per heavy atom. The number of anilines is 2. The Hall–Kier alpha value is -6.18. The van der Waals surface area contributed by atoms with Gasteiger partial charge in [-0.15, -0.1) is 23.1 Å². The number of nitrogens with zero attached hydrogens (tertiary/aromatic N) is 1. The van der Waals surface area contributed by atoms with Crippen molar-refractivity contribution in [2.45, 2.75) is 56.9 Å². The number of benzene rings is 4. The van der Waals surface area contributed by atoms with Gasteiger partial charge in [0.15, 0.2) is 0 Å². The predicted octanol–water partition coefficient (Wildman–Crippen LogP) is 8.33. The van der Waals surface area contributed by atoms with Gasteiger partial charge in [-0.25, -0.2) is 4.79 Å². The molecule has 1 unspecified atom stereocenters. The molecule has 0 fully saturated rings. The highest BCUT2D eigenvalue weighted by atomic mass is 32.2. The molecule has 3 N–H and O–H groups in total. The molecular weight excluding hydrogens is 773 g/mol. The van der Waals surface area contributed by atoms with Gasteiger partial charge in [0.05, 0.1) is 24.0 Å². The van der Waals surface area contributed by atoms with Gasteiger partial charge in [-0.2, -0.15) is 0 Å². The highest BCUT2D eigenvalue weighted by molar-refractivity contribution is 8.00. The zero-order valence-corrected chi connectivity index (χ0v) is 34.0. The van der Waals surface area contributed by atoms with Crippen molar-refractivity contribution in [1.29, 1.82) is 0 Å². The van der Waals surface area contributed by atoms with Gasteiger partial charge in [0.2, 0.25) is 11.8 Å². The lowest BCUT2D eigenvalue weighted by Gasteiger charge is -2.25. The molecule has 0 spiro atoms. The van der Waals surface area contributed by atoms with Gasteiger partial charge in [-0.3, -0.25) is 19.2 Å². The number of rotatable bonds is 15. The van der Waals surface area contributed by atoms with Crippen LogP contribution in [0.1, 0.15) is 69.5 Å². The summed E-state index contributed by atoms with van der Waals surface area (Å²) in [5.41, 5.74) is 3.73. The molecule has 4 aromatic carbocycles. The molecule has 298 valence electrons. The van der Waals surface area contributed by atoms with E-state index in [2.05, 4.69) is 16.0 Å². The molecular formula is C45H44N4O7S2. The number of esters is 1. The molecule has 1 aromatic heterocycles. The van der Waals surface area contributed by atoms with Crippen LogP contribution in [0.4, 0.5) is 10.7 Å². The molecule has 0 aliphatic carbocycles. The first-order valence-electron chi connectivity index (χ1n) is 18.9. The minimum absolute atomic E-state index is 0.0261. The van der Waals surface area contributed by atoms with E-state index >= 15 is 0 Å². The van der Waals surface area contributed by atoms with E-state index in [-0.39, 0.29) is 24.1 Å². The van der Waals surface area contributed by atoms with Gasteiger partial charge < -0.3 is 30.3 Å². The summed E-state index contributed by atoms with van der Waals surface area (Å²) < 4.78 is 11.3. The summed E-state index contributed by atoms with van der Waals surface area (Å²) in [7, 11) is 0. The van der Waals surface area contributed by atoms with Crippen LogP contribution in [0.2, 0.25) is 0 Å². The van der Waals surface area contributed by atoms with Gasteiger partial charge in [0.25, 0.3) is 11.8 Å². The Kier molecular flexibility index (Phi) is 14.1. The molecule has 6 rings (SSSR count). The Balaban J connectivity index is 1.16. The maximum atomic E-state index is 13.8. The smallest absolute Gasteiger partial charge is 0.341 e. The Bertz CT molecular complexity index is 2290. The summed E-state index contributed by atoms with van der Waals surface area (Å²) in [5.74, 6) is -1.18. The molecule has 0 saturated heterocycles. The number of hydrogen-bond acceptors (Lipinski definition) is 9. The monoisotopic (exact) mass is 816 g/mol. The van der Waals surface area contributed by atoms with E-state index in [1.165, 1.54) is 30.0 Å². The van der Waals surface area contributed by atoms with E-state index in [1.807, 2.05) is 43.3 Å². The summed E-state index contributed by atoms with van der Waals surface area (Å²) in [6.07, 6.45) is 2.56. The van der Waals surface area contributed by atoms with Crippen molar-refractivity contribution >= 4 is 69.5 Å². The lowest BCUT2D eigenvalue weighted by molar-refractivity contribution is -0.129. The van der Waals surface area contributed by atoms with Crippen LogP contribution in [0.3, 0.4) is 0 Å². The number of carbonyl (C=O) groups is 5. The standard InChI is InChI=1S/C45H44N4O7S2/c1-4-38(43(53)48-44-40(45(54)55-5-2)36-23-24-49(29(3)50)27-39(36)58-44)57-35-18-12-17-33(26-35)46-42(52)37(47-41(51)32-15-10-7-11-16-32)25-30-19-21-34(22-20-30)56-28-31-13-8-6-9-14-31/h6-22,25-26,38H,4-5,23-24,27-28H2,1-3H3,(H,46,52)(H,47,51)(H,48,53)/b37-25-. The fraction of sp³-hybridized carbons (Fsp3) is 0.222. The zero-order valence-electron chi connectivity index (χ0n) is 32.4. The van der Waals surface area contributed by atoms with E-state index in [1.54, 1.807) is 90.7 Å². The number of thiophene rings is 1. The lowest BCUT2D eigenvalue weighted by atomic mass is 10.0. The SMILES string of the molecule is CCOC(=O)c1c(NC(=O)C(CC)Sc2cccc(NC(=O)/C(=C/c3ccc(OCc4ccccc4)cc3)NC(=O)c3ccccc3)c2)sc2c1CCN(C(C)=O)C2. The maximum absolute atomic E-state index is 13.8. The predicted molar refractivity (Wildman–Crippen MR) is 228 cm³/mol. The molecule has 0 saturated carbocycles. The third kappa shape index (κ3) is 10.8. The van der Waals surface area contributed by atoms with E-state index < -0.39 is 23.0 Å². The fourth-order valence-electron chi connectivity index (χ4n) is 6.21. The van der Waals surface area contributed by atoms with Crippen molar-refractivity contribution in [1.82, 2.24) is 10.2 Å². The number of carbonyl (C=O) groups excluding carboxylic acids is 5. The van der Waals surface area contributed by atoms with E-state index in [0.717, 1.165) is 20.9 Å². The summed E-state index contributed by atoms with van der Waals surface area (Å²) in [6, 6.07) is 32.8. The molecule has 2 heterocycles. The van der Waals surface area contributed by atoms with Crippen LogP contribution in [0.5, 0.6) is 5.75 Å². The van der Waals surface area contributed by atoms with Crippen molar-refractivity contribution in [2.24, 2.45) is 0 Å². The molecule has 58 heavy (non-hydrogen) atoms. The van der Waals surface area contributed by atoms with Crippen LogP contribution in [-0.2, 0) is 38.7 Å². The van der Waals surface area contributed by atoms with Gasteiger partial charge in [0, 0.05) is 34.5 Å². The normalized spacial score (nSPS) is 12.8. The van der Waals surface area contributed by atoms with Crippen LogP contribution in [-0.4, -0.2) is 52.9 Å². The number of ether oxygens (including phenoxy) is 2. The second-order valence-electron chi connectivity index (χ2n) is 13.3. The Morgan fingerprint density at radius 3 is 2.29 bits per heavy atom. The summed E-state index contributed by atoms with van der Waals surface area (Å²) in [6.45, 7) is 6.58. The molecule has 13 heteroatoms. The minimum atomic E-state index is -0.547. The molecule has 11 nitrogen and oxygen atoms in total. The average molecular weight is 817 g/mol.